The Hall–Kier alpha value is -4.79. The Morgan fingerprint density at radius 3 is 2.55 bits per heavy atom. The Balaban J connectivity index is 1.35. The highest BCUT2D eigenvalue weighted by atomic mass is 16.5. The third-order valence-corrected chi connectivity index (χ3v) is 7.33. The molecular weight excluding hydrogens is 502 g/mol. The van der Waals surface area contributed by atoms with Crippen LogP contribution in [0, 0.1) is 0 Å². The van der Waals surface area contributed by atoms with Crippen LogP contribution in [0.3, 0.4) is 0 Å². The second-order valence-corrected chi connectivity index (χ2v) is 10.00. The third-order valence-electron chi connectivity index (χ3n) is 7.33. The van der Waals surface area contributed by atoms with Crippen LogP contribution in [0.5, 0.6) is 5.75 Å². The first-order valence-electron chi connectivity index (χ1n) is 13.4. The molecule has 0 aliphatic heterocycles. The van der Waals surface area contributed by atoms with E-state index in [2.05, 4.69) is 34.7 Å². The molecule has 6 rings (SSSR count). The van der Waals surface area contributed by atoms with Crippen molar-refractivity contribution >= 4 is 5.91 Å². The topological polar surface area (TPSA) is 99.8 Å². The van der Waals surface area contributed by atoms with E-state index in [-0.39, 0.29) is 5.91 Å². The SMILES string of the molecule is CCNC(=O)c1ccc(Cc2ncc3c(n2)-c2c(nn(C)c2-c2ccc(-c4cnn(C)c4)cc2)CC3)c(OC)c1. The van der Waals surface area contributed by atoms with Crippen molar-refractivity contribution in [3.8, 4) is 39.4 Å². The van der Waals surface area contributed by atoms with Crippen LogP contribution >= 0.6 is 0 Å². The second kappa shape index (κ2) is 10.4. The van der Waals surface area contributed by atoms with Crippen LogP contribution < -0.4 is 10.1 Å². The number of nitrogens with zero attached hydrogens (tertiary/aromatic N) is 6. The van der Waals surface area contributed by atoms with Gasteiger partial charge in [-0.15, -0.1) is 0 Å². The molecule has 0 fully saturated rings. The van der Waals surface area contributed by atoms with Gasteiger partial charge in [0.15, 0.2) is 0 Å². The molecular formula is C31H31N7O2. The lowest BCUT2D eigenvalue weighted by Crippen LogP contribution is -2.22. The number of benzene rings is 2. The molecule has 1 amide bonds. The largest absolute Gasteiger partial charge is 0.496 e. The normalized spacial score (nSPS) is 12.1. The monoisotopic (exact) mass is 533 g/mol. The summed E-state index contributed by atoms with van der Waals surface area (Å²) in [5.41, 5.74) is 9.98. The standard InChI is InChI=1S/C31H31N7O2/c1-5-32-31(39)22-11-10-21(26(14-22)40-4)15-27-33-16-23-12-13-25-28(29(23)35-27)30(38(3)36-25)20-8-6-19(7-9-20)24-17-34-37(2)18-24/h6-11,14,16-18H,5,12-13,15H2,1-4H3,(H,32,39). The minimum atomic E-state index is -0.123. The van der Waals surface area contributed by atoms with E-state index < -0.39 is 0 Å². The zero-order valence-corrected chi connectivity index (χ0v) is 23.1. The zero-order valence-electron chi connectivity index (χ0n) is 23.1. The summed E-state index contributed by atoms with van der Waals surface area (Å²) in [5, 5.41) is 12.0. The molecule has 9 heteroatoms. The molecule has 1 aliphatic carbocycles. The molecule has 5 aromatic rings. The van der Waals surface area contributed by atoms with Crippen LogP contribution in [0.4, 0.5) is 0 Å². The van der Waals surface area contributed by atoms with Gasteiger partial charge >= 0.3 is 0 Å². The summed E-state index contributed by atoms with van der Waals surface area (Å²) in [6.07, 6.45) is 8.01. The van der Waals surface area contributed by atoms with Crippen LogP contribution in [0.15, 0.2) is 61.1 Å². The Kier molecular flexibility index (Phi) is 6.63. The van der Waals surface area contributed by atoms with Crippen molar-refractivity contribution in [1.82, 2.24) is 34.8 Å². The van der Waals surface area contributed by atoms with Gasteiger partial charge in [0.2, 0.25) is 0 Å². The van der Waals surface area contributed by atoms with Crippen LogP contribution in [0.1, 0.15) is 39.9 Å². The van der Waals surface area contributed by atoms with Crippen molar-refractivity contribution in [2.75, 3.05) is 13.7 Å². The Morgan fingerprint density at radius 2 is 1.82 bits per heavy atom. The number of rotatable bonds is 7. The molecule has 0 spiro atoms. The van der Waals surface area contributed by atoms with Crippen LogP contribution in [0.25, 0.3) is 33.6 Å². The van der Waals surface area contributed by atoms with E-state index in [9.17, 15) is 4.79 Å². The van der Waals surface area contributed by atoms with E-state index in [0.29, 0.717) is 30.1 Å². The summed E-state index contributed by atoms with van der Waals surface area (Å²) in [5.74, 6) is 1.21. The first-order chi connectivity index (χ1) is 19.4. The van der Waals surface area contributed by atoms with Crippen molar-refractivity contribution < 1.29 is 9.53 Å². The molecule has 0 radical (unpaired) electrons. The molecule has 2 aromatic carbocycles. The van der Waals surface area contributed by atoms with Crippen molar-refractivity contribution in [2.45, 2.75) is 26.2 Å². The first kappa shape index (κ1) is 25.5. The van der Waals surface area contributed by atoms with Crippen molar-refractivity contribution in [3.63, 3.8) is 0 Å². The van der Waals surface area contributed by atoms with E-state index in [1.165, 1.54) is 0 Å². The summed E-state index contributed by atoms with van der Waals surface area (Å²) in [7, 11) is 5.53. The van der Waals surface area contributed by atoms with Gasteiger partial charge in [-0.25, -0.2) is 9.97 Å². The van der Waals surface area contributed by atoms with Gasteiger partial charge in [0, 0.05) is 67.3 Å². The predicted octanol–water partition coefficient (Wildman–Crippen LogP) is 4.39. The van der Waals surface area contributed by atoms with Crippen LogP contribution in [0.2, 0.25) is 0 Å². The van der Waals surface area contributed by atoms with Gasteiger partial charge < -0.3 is 10.1 Å². The van der Waals surface area contributed by atoms with Crippen LogP contribution in [-0.2, 0) is 33.4 Å². The lowest BCUT2D eigenvalue weighted by atomic mass is 9.91. The summed E-state index contributed by atoms with van der Waals surface area (Å²) < 4.78 is 9.39. The maximum atomic E-state index is 12.3. The molecule has 202 valence electrons. The molecule has 0 atom stereocenters. The number of ether oxygens (including phenoxy) is 1. The van der Waals surface area contributed by atoms with Gasteiger partial charge in [-0.05, 0) is 43.0 Å². The first-order valence-corrected chi connectivity index (χ1v) is 13.4. The van der Waals surface area contributed by atoms with E-state index in [1.54, 1.807) is 13.2 Å². The third kappa shape index (κ3) is 4.64. The molecule has 1 aliphatic rings. The number of hydrogen-bond acceptors (Lipinski definition) is 6. The lowest BCUT2D eigenvalue weighted by Gasteiger charge is -2.17. The summed E-state index contributed by atoms with van der Waals surface area (Å²) in [6, 6.07) is 14.0. The number of fused-ring (bicyclic) bond motifs is 3. The van der Waals surface area contributed by atoms with Gasteiger partial charge in [0.25, 0.3) is 5.91 Å². The second-order valence-electron chi connectivity index (χ2n) is 10.00. The minimum Gasteiger partial charge on any atom is -0.496 e. The van der Waals surface area contributed by atoms with Gasteiger partial charge in [-0.2, -0.15) is 10.2 Å². The van der Waals surface area contributed by atoms with Crippen molar-refractivity contribution in [2.24, 2.45) is 14.1 Å². The fourth-order valence-corrected chi connectivity index (χ4v) is 5.37. The molecule has 0 bridgehead atoms. The Morgan fingerprint density at radius 1 is 1.02 bits per heavy atom. The zero-order chi connectivity index (χ0) is 27.8. The molecule has 3 heterocycles. The number of hydrogen-bond donors (Lipinski definition) is 1. The fraction of sp³-hybridized carbons (Fsp3) is 0.258. The van der Waals surface area contributed by atoms with Gasteiger partial charge in [0.1, 0.15) is 11.6 Å². The van der Waals surface area contributed by atoms with Gasteiger partial charge in [-0.1, -0.05) is 30.3 Å². The predicted molar refractivity (Wildman–Crippen MR) is 153 cm³/mol. The number of carbonyl (C=O) groups is 1. The van der Waals surface area contributed by atoms with E-state index in [1.807, 2.05) is 61.1 Å². The Bertz CT molecular complexity index is 1720. The highest BCUT2D eigenvalue weighted by molar-refractivity contribution is 5.94. The number of aromatic nitrogens is 6. The fourth-order valence-electron chi connectivity index (χ4n) is 5.37. The molecule has 40 heavy (non-hydrogen) atoms. The van der Waals surface area contributed by atoms with E-state index in [0.717, 1.165) is 63.3 Å². The summed E-state index contributed by atoms with van der Waals surface area (Å²) in [4.78, 5) is 22.1. The van der Waals surface area contributed by atoms with E-state index >= 15 is 0 Å². The number of nitrogens with one attached hydrogen (secondary N) is 1. The number of methoxy groups -OCH3 is 1. The Labute approximate surface area is 232 Å². The lowest BCUT2D eigenvalue weighted by molar-refractivity contribution is 0.0955. The molecule has 0 unspecified atom stereocenters. The number of aryl methyl sites for hydroxylation is 4. The maximum Gasteiger partial charge on any atom is 0.251 e. The molecule has 0 saturated heterocycles. The number of carbonyl (C=O) groups excluding carboxylic acids is 1. The minimum absolute atomic E-state index is 0.123. The van der Waals surface area contributed by atoms with Crippen molar-refractivity contribution in [3.05, 3.63) is 89.3 Å². The average Bonchev–Trinajstić information content (AvgIpc) is 3.56. The van der Waals surface area contributed by atoms with Crippen LogP contribution in [-0.4, -0.2) is 49.1 Å². The molecule has 3 aromatic heterocycles. The highest BCUT2D eigenvalue weighted by Crippen LogP contribution is 2.40. The molecule has 9 nitrogen and oxygen atoms in total. The summed E-state index contributed by atoms with van der Waals surface area (Å²) >= 11 is 0. The quantitative estimate of drug-likeness (QED) is 0.333. The van der Waals surface area contributed by atoms with Gasteiger partial charge in [-0.3, -0.25) is 14.2 Å². The van der Waals surface area contributed by atoms with Gasteiger partial charge in [0.05, 0.1) is 30.4 Å². The van der Waals surface area contributed by atoms with E-state index in [4.69, 9.17) is 19.8 Å². The number of amides is 1. The molecule has 1 N–H and O–H groups in total. The highest BCUT2D eigenvalue weighted by Gasteiger charge is 2.27. The smallest absolute Gasteiger partial charge is 0.251 e. The summed E-state index contributed by atoms with van der Waals surface area (Å²) in [6.45, 7) is 2.46. The maximum absolute atomic E-state index is 12.3. The average molecular weight is 534 g/mol. The van der Waals surface area contributed by atoms with Crippen molar-refractivity contribution in [1.29, 1.82) is 0 Å². The molecule has 0 saturated carbocycles.